The van der Waals surface area contributed by atoms with Crippen LogP contribution < -0.4 is 5.32 Å². The summed E-state index contributed by atoms with van der Waals surface area (Å²) in [6.07, 6.45) is 2.08. The molecule has 1 saturated carbocycles. The lowest BCUT2D eigenvalue weighted by atomic mass is 9.79. The number of hydrogen-bond acceptors (Lipinski definition) is 3. The molecule has 0 aromatic carbocycles. The summed E-state index contributed by atoms with van der Waals surface area (Å²) in [5.41, 5.74) is 0. The number of carboxylic acid groups (broad SMARTS) is 1. The highest BCUT2D eigenvalue weighted by Gasteiger charge is 2.32. The van der Waals surface area contributed by atoms with Gasteiger partial charge in [-0.05, 0) is 12.8 Å². The predicted octanol–water partition coefficient (Wildman–Crippen LogP) is -0.242. The molecular weight excluding hydrogens is 192 g/mol. The highest BCUT2D eigenvalue weighted by molar-refractivity contribution is 5.86. The van der Waals surface area contributed by atoms with Gasteiger partial charge >= 0.3 is 5.97 Å². The fourth-order valence-electron chi connectivity index (χ4n) is 2.21. The van der Waals surface area contributed by atoms with E-state index in [9.17, 15) is 4.79 Å². The zero-order chi connectivity index (χ0) is 10.7. The summed E-state index contributed by atoms with van der Waals surface area (Å²) >= 11 is 0. The highest BCUT2D eigenvalue weighted by atomic mass is 16.4. The molecule has 1 aliphatic heterocycles. The van der Waals surface area contributed by atoms with E-state index in [1.54, 1.807) is 0 Å². The Morgan fingerprint density at radius 2 is 2.00 bits per heavy atom. The highest BCUT2D eigenvalue weighted by Crippen LogP contribution is 2.31. The molecule has 4 heteroatoms. The van der Waals surface area contributed by atoms with Gasteiger partial charge < -0.3 is 10.4 Å². The number of carbonyl (C=O) groups is 1. The first-order valence-corrected chi connectivity index (χ1v) is 5.45. The lowest BCUT2D eigenvalue weighted by molar-refractivity contribution is -0.130. The van der Waals surface area contributed by atoms with E-state index in [1.165, 1.54) is 0 Å². The molecule has 2 aliphatic rings. The Kier molecular flexibility index (Phi) is 3.24. The summed E-state index contributed by atoms with van der Waals surface area (Å²) in [5, 5.41) is 11.7. The van der Waals surface area contributed by atoms with Gasteiger partial charge in [-0.3, -0.25) is 4.90 Å². The number of carboxylic acids is 1. The topological polar surface area (TPSA) is 52.6 Å². The van der Waals surface area contributed by atoms with Crippen LogP contribution in [0.4, 0.5) is 0 Å². The van der Waals surface area contributed by atoms with E-state index in [2.05, 4.69) is 22.1 Å². The van der Waals surface area contributed by atoms with Crippen molar-refractivity contribution in [2.45, 2.75) is 18.9 Å². The van der Waals surface area contributed by atoms with Crippen molar-refractivity contribution < 1.29 is 9.90 Å². The fourth-order valence-corrected chi connectivity index (χ4v) is 2.21. The van der Waals surface area contributed by atoms with E-state index >= 15 is 0 Å². The maximum Gasteiger partial charge on any atom is 0.381 e. The SMILES string of the molecule is O=C(O)C#CC1CC(N2CCNCC2)C1. The lowest BCUT2D eigenvalue weighted by Crippen LogP contribution is -2.52. The van der Waals surface area contributed by atoms with Gasteiger partial charge in [0.25, 0.3) is 0 Å². The van der Waals surface area contributed by atoms with Gasteiger partial charge in [0.05, 0.1) is 0 Å². The molecule has 1 saturated heterocycles. The van der Waals surface area contributed by atoms with Gasteiger partial charge in [0.15, 0.2) is 0 Å². The molecule has 0 bridgehead atoms. The maximum absolute atomic E-state index is 10.2. The molecular formula is C11H16N2O2. The molecule has 0 unspecified atom stereocenters. The minimum atomic E-state index is -1.01. The Labute approximate surface area is 89.6 Å². The molecule has 0 aromatic rings. The molecule has 0 aromatic heterocycles. The molecule has 2 rings (SSSR count). The number of nitrogens with one attached hydrogen (secondary N) is 1. The average Bonchev–Trinajstić information content (AvgIpc) is 2.16. The third kappa shape index (κ3) is 2.71. The Bertz CT molecular complexity index is 293. The van der Waals surface area contributed by atoms with Crippen molar-refractivity contribution in [1.82, 2.24) is 10.2 Å². The summed E-state index contributed by atoms with van der Waals surface area (Å²) in [6, 6.07) is 0.639. The summed E-state index contributed by atoms with van der Waals surface area (Å²) < 4.78 is 0. The fraction of sp³-hybridized carbons (Fsp3) is 0.727. The number of rotatable bonds is 1. The molecule has 1 heterocycles. The minimum Gasteiger partial charge on any atom is -0.472 e. The van der Waals surface area contributed by atoms with E-state index in [4.69, 9.17) is 5.11 Å². The smallest absolute Gasteiger partial charge is 0.381 e. The predicted molar refractivity (Wildman–Crippen MR) is 56.4 cm³/mol. The van der Waals surface area contributed by atoms with Gasteiger partial charge in [0.1, 0.15) is 0 Å². The first-order valence-electron chi connectivity index (χ1n) is 5.45. The molecule has 0 atom stereocenters. The van der Waals surface area contributed by atoms with E-state index in [1.807, 2.05) is 0 Å². The Balaban J connectivity index is 1.73. The van der Waals surface area contributed by atoms with Gasteiger partial charge in [0, 0.05) is 44.1 Å². The second kappa shape index (κ2) is 4.65. The van der Waals surface area contributed by atoms with Crippen LogP contribution >= 0.6 is 0 Å². The summed E-state index contributed by atoms with van der Waals surface area (Å²) in [4.78, 5) is 12.7. The Morgan fingerprint density at radius 3 is 2.60 bits per heavy atom. The second-order valence-corrected chi connectivity index (χ2v) is 4.18. The van der Waals surface area contributed by atoms with Gasteiger partial charge in [-0.25, -0.2) is 4.79 Å². The van der Waals surface area contributed by atoms with Crippen molar-refractivity contribution in [3.8, 4) is 11.8 Å². The lowest BCUT2D eigenvalue weighted by Gasteiger charge is -2.42. The molecule has 2 fully saturated rings. The summed E-state index contributed by atoms with van der Waals surface area (Å²) in [5.74, 6) is 4.30. The van der Waals surface area contributed by atoms with E-state index in [-0.39, 0.29) is 0 Å². The Morgan fingerprint density at radius 1 is 1.33 bits per heavy atom. The maximum atomic E-state index is 10.2. The molecule has 15 heavy (non-hydrogen) atoms. The van der Waals surface area contributed by atoms with Crippen LogP contribution in [-0.4, -0.2) is 48.2 Å². The van der Waals surface area contributed by atoms with Crippen molar-refractivity contribution >= 4 is 5.97 Å². The molecule has 0 amide bonds. The normalized spacial score (nSPS) is 31.2. The molecule has 2 N–H and O–H groups in total. The first kappa shape index (κ1) is 10.5. The van der Waals surface area contributed by atoms with Crippen LogP contribution in [-0.2, 0) is 4.79 Å². The molecule has 0 spiro atoms. The van der Waals surface area contributed by atoms with Gasteiger partial charge in [0.2, 0.25) is 0 Å². The van der Waals surface area contributed by atoms with Gasteiger partial charge in [-0.15, -0.1) is 0 Å². The van der Waals surface area contributed by atoms with E-state index in [0.717, 1.165) is 39.0 Å². The number of piperazine rings is 1. The molecule has 4 nitrogen and oxygen atoms in total. The zero-order valence-corrected chi connectivity index (χ0v) is 8.70. The van der Waals surface area contributed by atoms with E-state index in [0.29, 0.717) is 12.0 Å². The van der Waals surface area contributed by atoms with Crippen molar-refractivity contribution in [3.05, 3.63) is 0 Å². The standard InChI is InChI=1S/C11H16N2O2/c14-11(15)2-1-9-7-10(8-9)13-5-3-12-4-6-13/h9-10,12H,3-8H2,(H,14,15). The van der Waals surface area contributed by atoms with Crippen LogP contribution in [0.3, 0.4) is 0 Å². The van der Waals surface area contributed by atoms with Crippen molar-refractivity contribution in [1.29, 1.82) is 0 Å². The van der Waals surface area contributed by atoms with Crippen LogP contribution in [0, 0.1) is 17.8 Å². The molecule has 1 aliphatic carbocycles. The number of aliphatic carboxylic acids is 1. The van der Waals surface area contributed by atoms with Crippen LogP contribution in [0.15, 0.2) is 0 Å². The molecule has 0 radical (unpaired) electrons. The van der Waals surface area contributed by atoms with Crippen LogP contribution in [0.1, 0.15) is 12.8 Å². The minimum absolute atomic E-state index is 0.306. The quantitative estimate of drug-likeness (QED) is 0.584. The van der Waals surface area contributed by atoms with Crippen LogP contribution in [0.25, 0.3) is 0 Å². The Hall–Kier alpha value is -1.05. The molecule has 82 valence electrons. The van der Waals surface area contributed by atoms with Crippen molar-refractivity contribution in [3.63, 3.8) is 0 Å². The van der Waals surface area contributed by atoms with Crippen molar-refractivity contribution in [2.75, 3.05) is 26.2 Å². The third-order valence-corrected chi connectivity index (χ3v) is 3.16. The van der Waals surface area contributed by atoms with Crippen LogP contribution in [0.2, 0.25) is 0 Å². The average molecular weight is 208 g/mol. The number of hydrogen-bond donors (Lipinski definition) is 2. The van der Waals surface area contributed by atoms with Gasteiger partial charge in [-0.1, -0.05) is 5.92 Å². The summed E-state index contributed by atoms with van der Waals surface area (Å²) in [6.45, 7) is 4.37. The summed E-state index contributed by atoms with van der Waals surface area (Å²) in [7, 11) is 0. The zero-order valence-electron chi connectivity index (χ0n) is 8.70. The largest absolute Gasteiger partial charge is 0.472 e. The monoisotopic (exact) mass is 208 g/mol. The van der Waals surface area contributed by atoms with Gasteiger partial charge in [-0.2, -0.15) is 0 Å². The number of nitrogens with zero attached hydrogens (tertiary/aromatic N) is 1. The van der Waals surface area contributed by atoms with Crippen LogP contribution in [0.5, 0.6) is 0 Å². The first-order chi connectivity index (χ1) is 7.25. The van der Waals surface area contributed by atoms with Crippen molar-refractivity contribution in [2.24, 2.45) is 5.92 Å². The second-order valence-electron chi connectivity index (χ2n) is 4.18. The third-order valence-electron chi connectivity index (χ3n) is 3.16. The van der Waals surface area contributed by atoms with E-state index < -0.39 is 5.97 Å².